The van der Waals surface area contributed by atoms with E-state index in [9.17, 15) is 4.79 Å². The van der Waals surface area contributed by atoms with E-state index in [1.54, 1.807) is 11.8 Å². The molecular weight excluding hydrogens is 414 g/mol. The van der Waals surface area contributed by atoms with Crippen LogP contribution >= 0.6 is 23.1 Å². The van der Waals surface area contributed by atoms with Gasteiger partial charge in [0.1, 0.15) is 5.01 Å². The molecule has 3 aromatic rings. The van der Waals surface area contributed by atoms with Crippen molar-refractivity contribution in [1.29, 1.82) is 0 Å². The maximum Gasteiger partial charge on any atom is 0.282 e. The molecule has 0 unspecified atom stereocenters. The standard InChI is InChI=1S/C22H27N5OS2/c1-15-16(2)27(18-11-7-4-8-12-18)22(24-15)29-14-19-25-26-21(30-19)20(28)23-13-17-9-5-3-6-10-17/h3,5-6,9-10,18H,4,7-8,11-14H2,1-2H3,(H,23,28). The van der Waals surface area contributed by atoms with Gasteiger partial charge in [0.2, 0.25) is 5.01 Å². The van der Waals surface area contributed by atoms with Gasteiger partial charge in [-0.2, -0.15) is 0 Å². The lowest BCUT2D eigenvalue weighted by Gasteiger charge is -2.25. The van der Waals surface area contributed by atoms with Crippen LogP contribution in [0.5, 0.6) is 0 Å². The zero-order chi connectivity index (χ0) is 20.9. The van der Waals surface area contributed by atoms with Crippen LogP contribution in [-0.2, 0) is 12.3 Å². The molecule has 158 valence electrons. The summed E-state index contributed by atoms with van der Waals surface area (Å²) in [5.41, 5.74) is 3.43. The fourth-order valence-corrected chi connectivity index (χ4v) is 5.75. The number of imidazole rings is 1. The third-order valence-electron chi connectivity index (χ3n) is 5.58. The number of aryl methyl sites for hydroxylation is 1. The van der Waals surface area contributed by atoms with Crippen LogP contribution in [0.25, 0.3) is 0 Å². The molecule has 2 heterocycles. The summed E-state index contributed by atoms with van der Waals surface area (Å²) < 4.78 is 2.42. The van der Waals surface area contributed by atoms with Crippen molar-refractivity contribution in [3.63, 3.8) is 0 Å². The number of rotatable bonds is 7. The lowest BCUT2D eigenvalue weighted by molar-refractivity contribution is 0.0950. The first-order valence-electron chi connectivity index (χ1n) is 10.4. The average molecular weight is 442 g/mol. The Morgan fingerprint density at radius 2 is 1.93 bits per heavy atom. The van der Waals surface area contributed by atoms with E-state index in [1.165, 1.54) is 49.1 Å². The molecule has 4 rings (SSSR count). The molecule has 0 spiro atoms. The average Bonchev–Trinajstić information content (AvgIpc) is 3.36. The van der Waals surface area contributed by atoms with Crippen LogP contribution in [-0.4, -0.2) is 25.7 Å². The van der Waals surface area contributed by atoms with E-state index in [-0.39, 0.29) is 5.91 Å². The molecule has 1 aliphatic carbocycles. The van der Waals surface area contributed by atoms with E-state index in [4.69, 9.17) is 4.98 Å². The molecule has 0 radical (unpaired) electrons. The van der Waals surface area contributed by atoms with Gasteiger partial charge >= 0.3 is 0 Å². The van der Waals surface area contributed by atoms with Crippen LogP contribution in [0.1, 0.15) is 69.9 Å². The Kier molecular flexibility index (Phi) is 6.84. The highest BCUT2D eigenvalue weighted by Gasteiger charge is 2.22. The number of carbonyl (C=O) groups excluding carboxylic acids is 1. The Labute approximate surface area is 185 Å². The first-order chi connectivity index (χ1) is 14.6. The van der Waals surface area contributed by atoms with Gasteiger partial charge in [0.25, 0.3) is 5.91 Å². The molecule has 1 aliphatic rings. The van der Waals surface area contributed by atoms with E-state index in [1.807, 2.05) is 30.3 Å². The summed E-state index contributed by atoms with van der Waals surface area (Å²) in [5.74, 6) is 0.495. The second-order valence-electron chi connectivity index (χ2n) is 7.68. The topological polar surface area (TPSA) is 72.7 Å². The van der Waals surface area contributed by atoms with Gasteiger partial charge in [-0.15, -0.1) is 10.2 Å². The fourth-order valence-electron chi connectivity index (χ4n) is 3.85. The summed E-state index contributed by atoms with van der Waals surface area (Å²) in [4.78, 5) is 17.2. The third-order valence-corrected chi connectivity index (χ3v) is 7.64. The van der Waals surface area contributed by atoms with Crippen molar-refractivity contribution in [2.75, 3.05) is 0 Å². The molecule has 0 atom stereocenters. The molecule has 0 aliphatic heterocycles. The number of hydrogen-bond acceptors (Lipinski definition) is 6. The first-order valence-corrected chi connectivity index (χ1v) is 12.2. The summed E-state index contributed by atoms with van der Waals surface area (Å²) in [5, 5.41) is 13.5. The second-order valence-corrected chi connectivity index (χ2v) is 9.69. The van der Waals surface area contributed by atoms with Crippen LogP contribution in [0.2, 0.25) is 0 Å². The van der Waals surface area contributed by atoms with Crippen molar-refractivity contribution in [3.8, 4) is 0 Å². The lowest BCUT2D eigenvalue weighted by Crippen LogP contribution is -2.22. The van der Waals surface area contributed by atoms with Gasteiger partial charge in [-0.1, -0.05) is 72.7 Å². The summed E-state index contributed by atoms with van der Waals surface area (Å²) >= 11 is 3.05. The normalized spacial score (nSPS) is 14.7. The van der Waals surface area contributed by atoms with E-state index in [2.05, 4.69) is 33.9 Å². The Morgan fingerprint density at radius 3 is 2.70 bits per heavy atom. The van der Waals surface area contributed by atoms with Crippen molar-refractivity contribution < 1.29 is 4.79 Å². The quantitative estimate of drug-likeness (QED) is 0.518. The smallest absolute Gasteiger partial charge is 0.282 e. The monoisotopic (exact) mass is 441 g/mol. The Morgan fingerprint density at radius 1 is 1.17 bits per heavy atom. The number of nitrogens with one attached hydrogen (secondary N) is 1. The van der Waals surface area contributed by atoms with Crippen LogP contribution in [0, 0.1) is 13.8 Å². The number of carbonyl (C=O) groups is 1. The summed E-state index contributed by atoms with van der Waals surface area (Å²) in [6.07, 6.45) is 6.39. The molecule has 8 heteroatoms. The second kappa shape index (κ2) is 9.75. The Hall–Kier alpha value is -2.19. The fraction of sp³-hybridized carbons (Fsp3) is 0.455. The van der Waals surface area contributed by atoms with E-state index in [0.29, 0.717) is 23.3 Å². The molecule has 1 amide bonds. The van der Waals surface area contributed by atoms with E-state index >= 15 is 0 Å². The minimum absolute atomic E-state index is 0.178. The van der Waals surface area contributed by atoms with Gasteiger partial charge in [-0.25, -0.2) is 4.98 Å². The summed E-state index contributed by atoms with van der Waals surface area (Å²) in [6.45, 7) is 4.74. The van der Waals surface area contributed by atoms with Gasteiger partial charge in [0, 0.05) is 18.3 Å². The molecule has 1 N–H and O–H groups in total. The van der Waals surface area contributed by atoms with E-state index < -0.39 is 0 Å². The van der Waals surface area contributed by atoms with Crippen molar-refractivity contribution in [3.05, 3.63) is 57.3 Å². The molecular formula is C22H27N5OS2. The molecule has 1 saturated carbocycles. The van der Waals surface area contributed by atoms with Crippen LogP contribution < -0.4 is 5.32 Å². The minimum Gasteiger partial charge on any atom is -0.346 e. The zero-order valence-corrected chi connectivity index (χ0v) is 19.1. The predicted octanol–water partition coefficient (Wildman–Crippen LogP) is 5.08. The molecule has 30 heavy (non-hydrogen) atoms. The van der Waals surface area contributed by atoms with Crippen molar-refractivity contribution >= 4 is 29.0 Å². The first kappa shape index (κ1) is 21.1. The predicted molar refractivity (Wildman–Crippen MR) is 121 cm³/mol. The molecule has 0 saturated heterocycles. The number of nitrogens with zero attached hydrogens (tertiary/aromatic N) is 4. The number of aromatic nitrogens is 4. The third kappa shape index (κ3) is 4.92. The SMILES string of the molecule is Cc1nc(SCc2nnc(C(=O)NCc3ccccc3)s2)n(C2CCCCC2)c1C. The number of thioether (sulfide) groups is 1. The minimum atomic E-state index is -0.178. The van der Waals surface area contributed by atoms with Gasteiger partial charge in [-0.05, 0) is 32.3 Å². The van der Waals surface area contributed by atoms with Gasteiger partial charge in [-0.3, -0.25) is 4.79 Å². The molecule has 2 aromatic heterocycles. The molecule has 1 fully saturated rings. The summed E-state index contributed by atoms with van der Waals surface area (Å²) in [6, 6.07) is 10.4. The maximum absolute atomic E-state index is 12.4. The van der Waals surface area contributed by atoms with Crippen LogP contribution in [0.15, 0.2) is 35.5 Å². The number of amides is 1. The number of hydrogen-bond donors (Lipinski definition) is 1. The Balaban J connectivity index is 1.37. The van der Waals surface area contributed by atoms with Crippen molar-refractivity contribution in [2.24, 2.45) is 0 Å². The molecule has 1 aromatic carbocycles. The highest BCUT2D eigenvalue weighted by atomic mass is 32.2. The largest absolute Gasteiger partial charge is 0.346 e. The highest BCUT2D eigenvalue weighted by Crippen LogP contribution is 2.35. The van der Waals surface area contributed by atoms with Gasteiger partial charge in [0.05, 0.1) is 11.4 Å². The number of benzene rings is 1. The van der Waals surface area contributed by atoms with Crippen molar-refractivity contribution in [2.45, 2.75) is 69.4 Å². The van der Waals surface area contributed by atoms with Crippen molar-refractivity contribution in [1.82, 2.24) is 25.1 Å². The van der Waals surface area contributed by atoms with Gasteiger partial charge < -0.3 is 9.88 Å². The highest BCUT2D eigenvalue weighted by molar-refractivity contribution is 7.98. The molecule has 6 nitrogen and oxygen atoms in total. The summed E-state index contributed by atoms with van der Waals surface area (Å²) in [7, 11) is 0. The van der Waals surface area contributed by atoms with Crippen LogP contribution in [0.3, 0.4) is 0 Å². The maximum atomic E-state index is 12.4. The zero-order valence-electron chi connectivity index (χ0n) is 17.4. The van der Waals surface area contributed by atoms with Crippen LogP contribution in [0.4, 0.5) is 0 Å². The lowest BCUT2D eigenvalue weighted by atomic mass is 9.95. The Bertz CT molecular complexity index is 992. The van der Waals surface area contributed by atoms with Gasteiger partial charge in [0.15, 0.2) is 5.16 Å². The van der Waals surface area contributed by atoms with E-state index in [0.717, 1.165) is 21.4 Å². The molecule has 0 bridgehead atoms.